The van der Waals surface area contributed by atoms with Gasteiger partial charge in [-0.3, -0.25) is 9.59 Å². The fraction of sp³-hybridized carbons (Fsp3) is 0.250. The van der Waals surface area contributed by atoms with Crippen molar-refractivity contribution in [2.45, 2.75) is 6.42 Å². The molecule has 0 aliphatic carbocycles. The molecule has 1 fully saturated rings. The minimum atomic E-state index is -0.129. The summed E-state index contributed by atoms with van der Waals surface area (Å²) in [5.74, 6) is 1.41. The zero-order valence-electron chi connectivity index (χ0n) is 22.6. The predicted molar refractivity (Wildman–Crippen MR) is 155 cm³/mol. The second-order valence-electron chi connectivity index (χ2n) is 9.70. The molecule has 0 spiro atoms. The Kier molecular flexibility index (Phi) is 8.66. The summed E-state index contributed by atoms with van der Waals surface area (Å²) in [7, 11) is 1.64. The van der Waals surface area contributed by atoms with Crippen LogP contribution in [0.3, 0.4) is 0 Å². The van der Waals surface area contributed by atoms with Crippen molar-refractivity contribution in [2.24, 2.45) is 0 Å². The topological polar surface area (TPSA) is 78.9 Å². The number of anilines is 1. The Labute approximate surface area is 234 Å². The van der Waals surface area contributed by atoms with Gasteiger partial charge in [0.05, 0.1) is 12.8 Å². The third kappa shape index (κ3) is 6.64. The molecule has 3 aromatic carbocycles. The first-order chi connectivity index (χ1) is 19.6. The highest BCUT2D eigenvalue weighted by Crippen LogP contribution is 2.22. The van der Waals surface area contributed by atoms with Crippen LogP contribution in [0.15, 0.2) is 97.1 Å². The Morgan fingerprint density at radius 1 is 0.800 bits per heavy atom. The van der Waals surface area contributed by atoms with E-state index < -0.39 is 0 Å². The van der Waals surface area contributed by atoms with Crippen molar-refractivity contribution in [2.75, 3.05) is 51.3 Å². The number of aromatic nitrogens is 2. The molecule has 2 amide bonds. The van der Waals surface area contributed by atoms with Crippen LogP contribution in [0, 0.1) is 0 Å². The van der Waals surface area contributed by atoms with Gasteiger partial charge in [0, 0.05) is 43.9 Å². The van der Waals surface area contributed by atoms with Crippen molar-refractivity contribution in [3.8, 4) is 17.0 Å². The molecule has 0 atom stereocenters. The van der Waals surface area contributed by atoms with Gasteiger partial charge >= 0.3 is 0 Å². The Morgan fingerprint density at radius 3 is 2.10 bits per heavy atom. The van der Waals surface area contributed by atoms with Crippen molar-refractivity contribution in [1.29, 1.82) is 0 Å². The van der Waals surface area contributed by atoms with E-state index in [0.29, 0.717) is 44.7 Å². The van der Waals surface area contributed by atoms with Gasteiger partial charge in [-0.15, -0.1) is 10.2 Å². The van der Waals surface area contributed by atoms with Crippen molar-refractivity contribution in [3.63, 3.8) is 0 Å². The largest absolute Gasteiger partial charge is 0.497 e. The maximum atomic E-state index is 13.3. The summed E-state index contributed by atoms with van der Waals surface area (Å²) in [5.41, 5.74) is 3.48. The summed E-state index contributed by atoms with van der Waals surface area (Å²) in [4.78, 5) is 32.3. The Balaban J connectivity index is 1.18. The fourth-order valence-electron chi connectivity index (χ4n) is 4.78. The molecule has 1 saturated heterocycles. The number of carbonyl (C=O) groups is 2. The monoisotopic (exact) mass is 535 g/mol. The standard InChI is InChI=1S/C32H33N5O3/c1-40-28-14-12-26(13-15-28)29-16-17-30(34-33-29)35-20-22-36(23-21-35)31(38)24-37(19-18-25-8-4-2-5-9-25)32(39)27-10-6-3-7-11-27/h2-17H,18-24H2,1H3. The minimum Gasteiger partial charge on any atom is -0.497 e. The number of methoxy groups -OCH3 is 1. The number of benzene rings is 3. The van der Waals surface area contributed by atoms with Gasteiger partial charge < -0.3 is 19.4 Å². The molecule has 0 unspecified atom stereocenters. The van der Waals surface area contributed by atoms with Gasteiger partial charge in [-0.05, 0) is 60.5 Å². The van der Waals surface area contributed by atoms with E-state index in [1.807, 2.05) is 89.8 Å². The van der Waals surface area contributed by atoms with Gasteiger partial charge in [-0.2, -0.15) is 0 Å². The van der Waals surface area contributed by atoms with E-state index in [1.165, 1.54) is 0 Å². The molecule has 1 aliphatic rings. The van der Waals surface area contributed by atoms with Crippen LogP contribution in [0.2, 0.25) is 0 Å². The molecule has 204 valence electrons. The van der Waals surface area contributed by atoms with Crippen LogP contribution >= 0.6 is 0 Å². The average molecular weight is 536 g/mol. The first-order valence-electron chi connectivity index (χ1n) is 13.5. The van der Waals surface area contributed by atoms with Crippen molar-refractivity contribution >= 4 is 17.6 Å². The summed E-state index contributed by atoms with van der Waals surface area (Å²) in [6.07, 6.45) is 0.686. The van der Waals surface area contributed by atoms with Crippen molar-refractivity contribution in [3.05, 3.63) is 108 Å². The average Bonchev–Trinajstić information content (AvgIpc) is 3.03. The lowest BCUT2D eigenvalue weighted by atomic mass is 10.1. The van der Waals surface area contributed by atoms with Gasteiger partial charge in [0.1, 0.15) is 12.3 Å². The van der Waals surface area contributed by atoms with E-state index >= 15 is 0 Å². The van der Waals surface area contributed by atoms with Crippen molar-refractivity contribution in [1.82, 2.24) is 20.0 Å². The molecular weight excluding hydrogens is 502 g/mol. The number of nitrogens with zero attached hydrogens (tertiary/aromatic N) is 5. The van der Waals surface area contributed by atoms with Crippen molar-refractivity contribution < 1.29 is 14.3 Å². The van der Waals surface area contributed by atoms with Crippen LogP contribution < -0.4 is 9.64 Å². The van der Waals surface area contributed by atoms with Crippen LogP contribution in [0.5, 0.6) is 5.75 Å². The number of carbonyl (C=O) groups excluding carboxylic acids is 2. The normalized spacial score (nSPS) is 13.1. The molecular formula is C32H33N5O3. The molecule has 0 N–H and O–H groups in total. The predicted octanol–water partition coefficient (Wildman–Crippen LogP) is 4.19. The lowest BCUT2D eigenvalue weighted by Crippen LogP contribution is -2.52. The maximum absolute atomic E-state index is 13.3. The summed E-state index contributed by atoms with van der Waals surface area (Å²) in [6, 6.07) is 30.8. The number of hydrogen-bond donors (Lipinski definition) is 0. The molecule has 0 radical (unpaired) electrons. The van der Waals surface area contributed by atoms with E-state index in [0.717, 1.165) is 28.4 Å². The summed E-state index contributed by atoms with van der Waals surface area (Å²) in [6.45, 7) is 2.95. The Morgan fingerprint density at radius 2 is 1.48 bits per heavy atom. The third-order valence-electron chi connectivity index (χ3n) is 7.14. The summed E-state index contributed by atoms with van der Waals surface area (Å²) < 4.78 is 5.22. The molecule has 5 rings (SSSR count). The number of piperazine rings is 1. The molecule has 4 aromatic rings. The maximum Gasteiger partial charge on any atom is 0.254 e. The summed E-state index contributed by atoms with van der Waals surface area (Å²) in [5, 5.41) is 8.85. The quantitative estimate of drug-likeness (QED) is 0.320. The first-order valence-corrected chi connectivity index (χ1v) is 13.5. The van der Waals surface area contributed by atoms with Gasteiger partial charge in [0.15, 0.2) is 5.82 Å². The number of ether oxygens (including phenoxy) is 1. The lowest BCUT2D eigenvalue weighted by molar-refractivity contribution is -0.132. The molecule has 1 aliphatic heterocycles. The smallest absolute Gasteiger partial charge is 0.254 e. The molecule has 40 heavy (non-hydrogen) atoms. The second kappa shape index (κ2) is 12.9. The third-order valence-corrected chi connectivity index (χ3v) is 7.14. The van der Waals surface area contributed by atoms with Gasteiger partial charge in [-0.25, -0.2) is 0 Å². The lowest BCUT2D eigenvalue weighted by Gasteiger charge is -2.36. The van der Waals surface area contributed by atoms with Gasteiger partial charge in [0.2, 0.25) is 5.91 Å². The van der Waals surface area contributed by atoms with Gasteiger partial charge in [0.25, 0.3) is 5.91 Å². The molecule has 2 heterocycles. The Bertz CT molecular complexity index is 1390. The summed E-state index contributed by atoms with van der Waals surface area (Å²) >= 11 is 0. The van der Waals surface area contributed by atoms with E-state index in [-0.39, 0.29) is 18.4 Å². The molecule has 1 aromatic heterocycles. The van der Waals surface area contributed by atoms with E-state index in [9.17, 15) is 9.59 Å². The zero-order chi connectivity index (χ0) is 27.7. The highest BCUT2D eigenvalue weighted by Gasteiger charge is 2.26. The SMILES string of the molecule is COc1ccc(-c2ccc(N3CCN(C(=O)CN(CCc4ccccc4)C(=O)c4ccccc4)CC3)nn2)cc1. The van der Waals surface area contributed by atoms with Crippen LogP contribution in [0.4, 0.5) is 5.82 Å². The van der Waals surface area contributed by atoms with Gasteiger partial charge in [-0.1, -0.05) is 48.5 Å². The fourth-order valence-corrected chi connectivity index (χ4v) is 4.78. The molecule has 8 heteroatoms. The first kappa shape index (κ1) is 26.9. The number of rotatable bonds is 9. The van der Waals surface area contributed by atoms with E-state index in [4.69, 9.17) is 4.74 Å². The highest BCUT2D eigenvalue weighted by molar-refractivity contribution is 5.96. The highest BCUT2D eigenvalue weighted by atomic mass is 16.5. The van der Waals surface area contributed by atoms with Crippen LogP contribution in [-0.4, -0.2) is 78.2 Å². The van der Waals surface area contributed by atoms with E-state index in [2.05, 4.69) is 15.1 Å². The van der Waals surface area contributed by atoms with Crippen LogP contribution in [0.1, 0.15) is 15.9 Å². The number of hydrogen-bond acceptors (Lipinski definition) is 6. The zero-order valence-corrected chi connectivity index (χ0v) is 22.6. The molecule has 0 bridgehead atoms. The second-order valence-corrected chi connectivity index (χ2v) is 9.70. The van der Waals surface area contributed by atoms with Crippen LogP contribution in [-0.2, 0) is 11.2 Å². The van der Waals surface area contributed by atoms with Crippen LogP contribution in [0.25, 0.3) is 11.3 Å². The Hall–Kier alpha value is -4.72. The minimum absolute atomic E-state index is 0.0436. The molecule has 0 saturated carbocycles. The van der Waals surface area contributed by atoms with E-state index in [1.54, 1.807) is 24.1 Å². The molecule has 8 nitrogen and oxygen atoms in total. The number of amides is 2.